The van der Waals surface area contributed by atoms with Crippen LogP contribution in [0.5, 0.6) is 0 Å². The Balaban J connectivity index is 2.82. The molecule has 0 saturated heterocycles. The summed E-state index contributed by atoms with van der Waals surface area (Å²) < 4.78 is 0. The quantitative estimate of drug-likeness (QED) is 0.666. The molecule has 0 spiro atoms. The van der Waals surface area contributed by atoms with Crippen molar-refractivity contribution in [1.29, 1.82) is 0 Å². The van der Waals surface area contributed by atoms with Crippen LogP contribution in [0.2, 0.25) is 0 Å². The van der Waals surface area contributed by atoms with Gasteiger partial charge in [-0.1, -0.05) is 26.8 Å². The van der Waals surface area contributed by atoms with E-state index in [1.165, 1.54) is 11.3 Å². The van der Waals surface area contributed by atoms with E-state index in [0.717, 1.165) is 6.42 Å². The average molecular weight is 162 g/mol. The van der Waals surface area contributed by atoms with Crippen LogP contribution in [0, 0.1) is 12.3 Å². The molecule has 0 N–H and O–H groups in total. The van der Waals surface area contributed by atoms with Crippen molar-refractivity contribution in [1.82, 2.24) is 4.98 Å². The molecule has 1 aromatic heterocycles. The Morgan fingerprint density at radius 2 is 2.25 bits per heavy atom. The third-order valence-electron chi connectivity index (χ3n) is 1.77. The van der Waals surface area contributed by atoms with E-state index >= 15 is 0 Å². The molecule has 0 amide bonds. The van der Waals surface area contributed by atoms with Gasteiger partial charge in [0.15, 0.2) is 0 Å². The largest absolute Gasteiger partial charge is 0.261 e. The van der Waals surface area contributed by atoms with Crippen LogP contribution in [0.15, 0.2) is 18.3 Å². The summed E-state index contributed by atoms with van der Waals surface area (Å²) in [5.41, 5.74) is 2.49. The summed E-state index contributed by atoms with van der Waals surface area (Å²) in [5.74, 6) is 0.597. The normalized spacial score (nSPS) is 10.7. The first-order valence-electron chi connectivity index (χ1n) is 4.52. The summed E-state index contributed by atoms with van der Waals surface area (Å²) >= 11 is 0. The van der Waals surface area contributed by atoms with Gasteiger partial charge in [0.2, 0.25) is 0 Å². The number of rotatable bonds is 3. The molecule has 1 radical (unpaired) electrons. The number of hydrogen-bond acceptors (Lipinski definition) is 1. The molecule has 12 heavy (non-hydrogen) atoms. The molecule has 0 unspecified atom stereocenters. The fraction of sp³-hybridized carbons (Fsp3) is 0.455. The predicted molar refractivity (Wildman–Crippen MR) is 51.9 cm³/mol. The lowest BCUT2D eigenvalue weighted by Crippen LogP contribution is -1.98. The molecule has 0 aliphatic rings. The number of aromatic nitrogens is 1. The summed E-state index contributed by atoms with van der Waals surface area (Å²) in [6.07, 6.45) is 5.13. The molecule has 0 aromatic carbocycles. The van der Waals surface area contributed by atoms with Crippen molar-refractivity contribution >= 4 is 0 Å². The smallest absolute Gasteiger partial charge is 0.0435 e. The van der Waals surface area contributed by atoms with Gasteiger partial charge in [-0.3, -0.25) is 4.98 Å². The number of nitrogens with zero attached hydrogens (tertiary/aromatic N) is 1. The van der Waals surface area contributed by atoms with Crippen molar-refractivity contribution in [2.75, 3.05) is 0 Å². The highest BCUT2D eigenvalue weighted by molar-refractivity contribution is 5.27. The molecule has 0 atom stereocenters. The number of pyridine rings is 1. The topological polar surface area (TPSA) is 12.9 Å². The first kappa shape index (κ1) is 9.24. The Labute approximate surface area is 74.8 Å². The minimum absolute atomic E-state index is 0.597. The molecule has 0 aliphatic carbocycles. The third-order valence-corrected chi connectivity index (χ3v) is 1.77. The van der Waals surface area contributed by atoms with Gasteiger partial charge >= 0.3 is 0 Å². The van der Waals surface area contributed by atoms with E-state index in [1.54, 1.807) is 0 Å². The zero-order valence-electron chi connectivity index (χ0n) is 8.04. The molecule has 1 heterocycles. The minimum atomic E-state index is 0.597. The first-order chi connectivity index (χ1) is 5.74. The van der Waals surface area contributed by atoms with Gasteiger partial charge in [-0.2, -0.15) is 0 Å². The van der Waals surface area contributed by atoms with Crippen LogP contribution in [-0.2, 0) is 6.42 Å². The molecule has 1 aromatic rings. The molecule has 0 bridgehead atoms. The summed E-state index contributed by atoms with van der Waals surface area (Å²) in [6, 6.07) is 4.12. The van der Waals surface area contributed by atoms with E-state index in [1.807, 2.05) is 12.3 Å². The molecule has 1 heteroatoms. The van der Waals surface area contributed by atoms with E-state index < -0.39 is 0 Å². The molecule has 0 saturated carbocycles. The minimum Gasteiger partial charge on any atom is -0.261 e. The summed E-state index contributed by atoms with van der Waals surface area (Å²) in [4.78, 5) is 4.32. The number of hydrogen-bond donors (Lipinski definition) is 0. The zero-order chi connectivity index (χ0) is 8.97. The molecule has 0 aliphatic heterocycles. The Hall–Kier alpha value is -0.850. The highest BCUT2D eigenvalue weighted by atomic mass is 14.7. The second-order valence-corrected chi connectivity index (χ2v) is 3.30. The summed E-state index contributed by atoms with van der Waals surface area (Å²) in [6.45, 7) is 6.51. The highest BCUT2D eigenvalue weighted by Crippen LogP contribution is 2.13. The van der Waals surface area contributed by atoms with Crippen LogP contribution in [0.25, 0.3) is 0 Å². The maximum Gasteiger partial charge on any atom is 0.0435 e. The van der Waals surface area contributed by atoms with Crippen molar-refractivity contribution in [3.63, 3.8) is 0 Å². The second-order valence-electron chi connectivity index (χ2n) is 3.30. The predicted octanol–water partition coefficient (Wildman–Crippen LogP) is 2.85. The van der Waals surface area contributed by atoms with Gasteiger partial charge < -0.3 is 0 Å². The second kappa shape index (κ2) is 4.24. The fourth-order valence-electron chi connectivity index (χ4n) is 1.26. The standard InChI is InChI=1S/C11H16N/c1-4-11-10(8-9(2)3)6-5-7-12-11/h5-9H,4H2,1-3H3. The lowest BCUT2D eigenvalue weighted by atomic mass is 10.0. The SMILES string of the molecule is CCc1ncccc1[CH]C(C)C. The van der Waals surface area contributed by atoms with Gasteiger partial charge in [0.1, 0.15) is 0 Å². The van der Waals surface area contributed by atoms with Gasteiger partial charge in [-0.05, 0) is 30.4 Å². The Kier molecular flexibility index (Phi) is 3.27. The maximum atomic E-state index is 4.32. The van der Waals surface area contributed by atoms with Crippen molar-refractivity contribution in [2.45, 2.75) is 27.2 Å². The van der Waals surface area contributed by atoms with Crippen LogP contribution >= 0.6 is 0 Å². The van der Waals surface area contributed by atoms with Crippen LogP contribution in [-0.4, -0.2) is 4.98 Å². The Morgan fingerprint density at radius 3 is 2.83 bits per heavy atom. The molecule has 1 rings (SSSR count). The first-order valence-corrected chi connectivity index (χ1v) is 4.52. The lowest BCUT2D eigenvalue weighted by Gasteiger charge is -2.07. The van der Waals surface area contributed by atoms with E-state index in [4.69, 9.17) is 0 Å². The van der Waals surface area contributed by atoms with Crippen LogP contribution in [0.3, 0.4) is 0 Å². The molecular formula is C11H16N. The van der Waals surface area contributed by atoms with Gasteiger partial charge in [-0.15, -0.1) is 0 Å². The summed E-state index contributed by atoms with van der Waals surface area (Å²) in [5, 5.41) is 0. The Bertz CT molecular complexity index is 241. The zero-order valence-corrected chi connectivity index (χ0v) is 8.04. The van der Waals surface area contributed by atoms with Crippen LogP contribution in [0.4, 0.5) is 0 Å². The Morgan fingerprint density at radius 1 is 1.50 bits per heavy atom. The van der Waals surface area contributed by atoms with Gasteiger partial charge in [0, 0.05) is 11.9 Å². The third kappa shape index (κ3) is 2.33. The van der Waals surface area contributed by atoms with Gasteiger partial charge in [-0.25, -0.2) is 0 Å². The maximum absolute atomic E-state index is 4.32. The van der Waals surface area contributed by atoms with Crippen molar-refractivity contribution < 1.29 is 0 Å². The summed E-state index contributed by atoms with van der Waals surface area (Å²) in [7, 11) is 0. The van der Waals surface area contributed by atoms with Crippen molar-refractivity contribution in [2.24, 2.45) is 5.92 Å². The lowest BCUT2D eigenvalue weighted by molar-refractivity contribution is 0.769. The van der Waals surface area contributed by atoms with E-state index in [2.05, 4.69) is 38.2 Å². The molecular weight excluding hydrogens is 146 g/mol. The molecule has 65 valence electrons. The fourth-order valence-corrected chi connectivity index (χ4v) is 1.26. The number of aryl methyl sites for hydroxylation is 1. The van der Waals surface area contributed by atoms with Crippen molar-refractivity contribution in [3.05, 3.63) is 36.0 Å². The average Bonchev–Trinajstić information content (AvgIpc) is 2.04. The van der Waals surface area contributed by atoms with Gasteiger partial charge in [0.05, 0.1) is 0 Å². The van der Waals surface area contributed by atoms with Crippen LogP contribution < -0.4 is 0 Å². The highest BCUT2D eigenvalue weighted by Gasteiger charge is 2.03. The molecule has 1 nitrogen and oxygen atoms in total. The van der Waals surface area contributed by atoms with Gasteiger partial charge in [0.25, 0.3) is 0 Å². The molecule has 0 fully saturated rings. The van der Waals surface area contributed by atoms with Crippen molar-refractivity contribution in [3.8, 4) is 0 Å². The monoisotopic (exact) mass is 162 g/mol. The van der Waals surface area contributed by atoms with Crippen LogP contribution in [0.1, 0.15) is 32.0 Å². The van der Waals surface area contributed by atoms with E-state index in [9.17, 15) is 0 Å². The van der Waals surface area contributed by atoms with E-state index in [0.29, 0.717) is 5.92 Å². The van der Waals surface area contributed by atoms with E-state index in [-0.39, 0.29) is 0 Å².